The third-order valence-corrected chi connectivity index (χ3v) is 4.95. The molecule has 31 heavy (non-hydrogen) atoms. The van der Waals surface area contributed by atoms with Gasteiger partial charge >= 0.3 is 0 Å². The first kappa shape index (κ1) is 20.6. The molecule has 4 rings (SSSR count). The zero-order valence-electron chi connectivity index (χ0n) is 17.6. The van der Waals surface area contributed by atoms with E-state index < -0.39 is 0 Å². The molecule has 2 N–H and O–H groups in total. The van der Waals surface area contributed by atoms with Gasteiger partial charge in [0.1, 0.15) is 5.82 Å². The van der Waals surface area contributed by atoms with Crippen LogP contribution in [0.25, 0.3) is 0 Å². The molecule has 0 aliphatic carbocycles. The van der Waals surface area contributed by atoms with Gasteiger partial charge in [0, 0.05) is 50.7 Å². The maximum Gasteiger partial charge on any atom is 0.278 e. The number of anilines is 4. The minimum atomic E-state index is -0.370. The van der Waals surface area contributed by atoms with Crippen molar-refractivity contribution < 1.29 is 4.79 Å². The van der Waals surface area contributed by atoms with Crippen molar-refractivity contribution in [3.8, 4) is 0 Å². The Bertz CT molecular complexity index is 1040. The number of hydrogen-bond acceptors (Lipinski definition) is 9. The molecular formula is C21H25N9O. The van der Waals surface area contributed by atoms with E-state index in [0.29, 0.717) is 29.8 Å². The largest absolute Gasteiger partial charge is 0.338 e. The second kappa shape index (κ2) is 9.43. The van der Waals surface area contributed by atoms with Crippen LogP contribution in [0.15, 0.2) is 42.7 Å². The van der Waals surface area contributed by atoms with Crippen LogP contribution in [0.4, 0.5) is 23.4 Å². The van der Waals surface area contributed by atoms with Crippen LogP contribution < -0.4 is 15.5 Å². The van der Waals surface area contributed by atoms with E-state index in [9.17, 15) is 4.79 Å². The molecule has 1 aromatic carbocycles. The first-order valence-electron chi connectivity index (χ1n) is 10.2. The number of rotatable bonds is 6. The van der Waals surface area contributed by atoms with Crippen LogP contribution in [-0.2, 0) is 6.42 Å². The van der Waals surface area contributed by atoms with Gasteiger partial charge in [-0.15, -0.1) is 0 Å². The smallest absolute Gasteiger partial charge is 0.278 e. The summed E-state index contributed by atoms with van der Waals surface area (Å²) in [6.07, 6.45) is 3.66. The molecule has 0 unspecified atom stereocenters. The first-order valence-corrected chi connectivity index (χ1v) is 10.2. The summed E-state index contributed by atoms with van der Waals surface area (Å²) in [6.45, 7) is 5.58. The maximum atomic E-state index is 12.8. The highest BCUT2D eigenvalue weighted by molar-refractivity contribution is 6.06. The van der Waals surface area contributed by atoms with Crippen molar-refractivity contribution in [2.24, 2.45) is 0 Å². The predicted molar refractivity (Wildman–Crippen MR) is 119 cm³/mol. The summed E-state index contributed by atoms with van der Waals surface area (Å²) < 4.78 is 0. The molecule has 1 saturated heterocycles. The van der Waals surface area contributed by atoms with E-state index in [2.05, 4.69) is 52.4 Å². The number of nitrogens with zero attached hydrogens (tertiary/aromatic N) is 7. The Balaban J connectivity index is 1.58. The monoisotopic (exact) mass is 419 g/mol. The van der Waals surface area contributed by atoms with Gasteiger partial charge in [0.15, 0.2) is 11.5 Å². The van der Waals surface area contributed by atoms with Crippen LogP contribution in [0, 0.1) is 0 Å². The third kappa shape index (κ3) is 5.10. The number of hydrogen-bond donors (Lipinski definition) is 2. The second-order valence-electron chi connectivity index (χ2n) is 7.22. The summed E-state index contributed by atoms with van der Waals surface area (Å²) in [6, 6.07) is 9.20. The van der Waals surface area contributed by atoms with Gasteiger partial charge in [-0.1, -0.05) is 25.1 Å². The number of piperazine rings is 1. The highest BCUT2D eigenvalue weighted by Gasteiger charge is 2.20. The SMILES string of the molecule is CCc1nc(Nc2nccnc2C(=O)Nc2ccccc2)nc(N2CCN(C)CC2)n1. The Kier molecular flexibility index (Phi) is 6.27. The fraction of sp³-hybridized carbons (Fsp3) is 0.333. The minimum absolute atomic E-state index is 0.158. The molecule has 1 aliphatic rings. The van der Waals surface area contributed by atoms with E-state index in [0.717, 1.165) is 26.2 Å². The molecule has 0 saturated carbocycles. The van der Waals surface area contributed by atoms with E-state index in [-0.39, 0.29) is 17.4 Å². The van der Waals surface area contributed by atoms with Crippen molar-refractivity contribution in [3.63, 3.8) is 0 Å². The Morgan fingerprint density at radius 2 is 1.74 bits per heavy atom. The van der Waals surface area contributed by atoms with Gasteiger partial charge in [0.25, 0.3) is 5.91 Å². The summed E-state index contributed by atoms with van der Waals surface area (Å²) >= 11 is 0. The molecule has 0 radical (unpaired) electrons. The number of carbonyl (C=O) groups is 1. The van der Waals surface area contributed by atoms with Gasteiger partial charge in [-0.2, -0.15) is 15.0 Å². The number of amides is 1. The van der Waals surface area contributed by atoms with Gasteiger partial charge < -0.3 is 20.4 Å². The number of aromatic nitrogens is 5. The Labute approximate surface area is 180 Å². The van der Waals surface area contributed by atoms with Crippen molar-refractivity contribution in [1.29, 1.82) is 0 Å². The van der Waals surface area contributed by atoms with Crippen molar-refractivity contribution >= 4 is 29.3 Å². The standard InChI is InChI=1S/C21H25N9O/c1-3-16-25-20(28-21(26-16)30-13-11-29(2)12-14-30)27-18-17(22-9-10-23-18)19(31)24-15-7-5-4-6-8-15/h4-10H,3,11-14H2,1-2H3,(H,24,31)(H,23,25,26,27,28). The predicted octanol–water partition coefficient (Wildman–Crippen LogP) is 1.97. The number of benzene rings is 1. The normalized spacial score (nSPS) is 14.3. The molecule has 3 aromatic rings. The zero-order chi connectivity index (χ0) is 21.6. The Morgan fingerprint density at radius 3 is 2.48 bits per heavy atom. The van der Waals surface area contributed by atoms with Crippen molar-refractivity contribution in [1.82, 2.24) is 29.8 Å². The van der Waals surface area contributed by atoms with Crippen molar-refractivity contribution in [2.45, 2.75) is 13.3 Å². The molecule has 10 heteroatoms. The van der Waals surface area contributed by atoms with Gasteiger partial charge in [-0.25, -0.2) is 9.97 Å². The summed E-state index contributed by atoms with van der Waals surface area (Å²) in [5, 5.41) is 5.90. The fourth-order valence-corrected chi connectivity index (χ4v) is 3.18. The lowest BCUT2D eigenvalue weighted by atomic mass is 10.3. The highest BCUT2D eigenvalue weighted by atomic mass is 16.1. The molecule has 0 atom stereocenters. The van der Waals surface area contributed by atoms with E-state index in [1.54, 1.807) is 0 Å². The molecule has 1 aliphatic heterocycles. The van der Waals surface area contributed by atoms with E-state index in [1.807, 2.05) is 37.3 Å². The Morgan fingerprint density at radius 1 is 1.00 bits per heavy atom. The summed E-state index contributed by atoms with van der Waals surface area (Å²) in [4.78, 5) is 39.3. The minimum Gasteiger partial charge on any atom is -0.338 e. The quantitative estimate of drug-likeness (QED) is 0.619. The third-order valence-electron chi connectivity index (χ3n) is 4.95. The fourth-order valence-electron chi connectivity index (χ4n) is 3.18. The number of nitrogens with one attached hydrogen (secondary N) is 2. The summed E-state index contributed by atoms with van der Waals surface area (Å²) in [5.74, 6) is 1.56. The van der Waals surface area contributed by atoms with Crippen molar-refractivity contribution in [2.75, 3.05) is 48.8 Å². The highest BCUT2D eigenvalue weighted by Crippen LogP contribution is 2.19. The first-order chi connectivity index (χ1) is 15.1. The molecule has 1 amide bonds. The van der Waals surface area contributed by atoms with E-state index in [4.69, 9.17) is 0 Å². The lowest BCUT2D eigenvalue weighted by Crippen LogP contribution is -2.45. The van der Waals surface area contributed by atoms with Crippen LogP contribution in [-0.4, -0.2) is 69.0 Å². The topological polar surface area (TPSA) is 112 Å². The van der Waals surface area contributed by atoms with Crippen LogP contribution >= 0.6 is 0 Å². The molecule has 160 valence electrons. The van der Waals surface area contributed by atoms with E-state index >= 15 is 0 Å². The molecule has 0 spiro atoms. The molecule has 2 aromatic heterocycles. The summed E-state index contributed by atoms with van der Waals surface area (Å²) in [7, 11) is 2.10. The van der Waals surface area contributed by atoms with Crippen LogP contribution in [0.5, 0.6) is 0 Å². The van der Waals surface area contributed by atoms with Crippen LogP contribution in [0.3, 0.4) is 0 Å². The molecular weight excluding hydrogens is 394 g/mol. The number of aryl methyl sites for hydroxylation is 1. The van der Waals surface area contributed by atoms with Crippen molar-refractivity contribution in [3.05, 3.63) is 54.2 Å². The molecule has 1 fully saturated rings. The van der Waals surface area contributed by atoms with Crippen LogP contribution in [0.1, 0.15) is 23.2 Å². The lowest BCUT2D eigenvalue weighted by molar-refractivity contribution is 0.102. The van der Waals surface area contributed by atoms with Gasteiger partial charge in [-0.3, -0.25) is 4.79 Å². The molecule has 0 bridgehead atoms. The number of para-hydroxylation sites is 1. The van der Waals surface area contributed by atoms with E-state index in [1.165, 1.54) is 12.4 Å². The number of carbonyl (C=O) groups excluding carboxylic acids is 1. The lowest BCUT2D eigenvalue weighted by Gasteiger charge is -2.32. The number of likely N-dealkylation sites (N-methyl/N-ethyl adjacent to an activating group) is 1. The zero-order valence-corrected chi connectivity index (χ0v) is 17.6. The van der Waals surface area contributed by atoms with Gasteiger partial charge in [0.05, 0.1) is 0 Å². The van der Waals surface area contributed by atoms with Gasteiger partial charge in [0.2, 0.25) is 11.9 Å². The van der Waals surface area contributed by atoms with Gasteiger partial charge in [-0.05, 0) is 19.2 Å². The molecule has 10 nitrogen and oxygen atoms in total. The average molecular weight is 419 g/mol. The van der Waals surface area contributed by atoms with Crippen LogP contribution in [0.2, 0.25) is 0 Å². The second-order valence-corrected chi connectivity index (χ2v) is 7.22. The molecule has 3 heterocycles. The summed E-state index contributed by atoms with van der Waals surface area (Å²) in [5.41, 5.74) is 0.834. The average Bonchev–Trinajstić information content (AvgIpc) is 2.80. The maximum absolute atomic E-state index is 12.8. The Hall–Kier alpha value is -3.66.